The summed E-state index contributed by atoms with van der Waals surface area (Å²) in [6, 6.07) is 19.2. The van der Waals surface area contributed by atoms with E-state index < -0.39 is 0 Å². The van der Waals surface area contributed by atoms with Crippen LogP contribution in [-0.4, -0.2) is 68.6 Å². The van der Waals surface area contributed by atoms with Crippen molar-refractivity contribution in [2.75, 3.05) is 57.8 Å². The van der Waals surface area contributed by atoms with Crippen LogP contribution in [0.2, 0.25) is 0 Å². The van der Waals surface area contributed by atoms with Crippen LogP contribution in [-0.2, 0) is 4.79 Å². The Morgan fingerprint density at radius 1 is 0.941 bits per heavy atom. The number of anilines is 1. The maximum Gasteiger partial charge on any atom is 0.222 e. The van der Waals surface area contributed by atoms with Gasteiger partial charge in [0, 0.05) is 63.8 Å². The molecule has 3 fully saturated rings. The van der Waals surface area contributed by atoms with Gasteiger partial charge in [0.2, 0.25) is 5.91 Å². The van der Waals surface area contributed by atoms with Crippen LogP contribution >= 0.6 is 0 Å². The minimum atomic E-state index is 0.370. The smallest absolute Gasteiger partial charge is 0.222 e. The number of hydrogen-bond donors (Lipinski definition) is 0. The zero-order valence-corrected chi connectivity index (χ0v) is 20.6. The molecule has 5 heteroatoms. The highest BCUT2D eigenvalue weighted by Crippen LogP contribution is 2.36. The molecule has 182 valence electrons. The Labute approximate surface area is 204 Å². The number of methoxy groups -OCH3 is 1. The van der Waals surface area contributed by atoms with Crippen molar-refractivity contribution in [3.63, 3.8) is 0 Å². The van der Waals surface area contributed by atoms with Gasteiger partial charge >= 0.3 is 0 Å². The molecule has 0 radical (unpaired) electrons. The zero-order valence-electron chi connectivity index (χ0n) is 20.6. The third-order valence-electron chi connectivity index (χ3n) is 8.24. The largest absolute Gasteiger partial charge is 0.497 e. The van der Waals surface area contributed by atoms with E-state index >= 15 is 0 Å². The van der Waals surface area contributed by atoms with E-state index in [1.54, 1.807) is 7.11 Å². The van der Waals surface area contributed by atoms with Crippen molar-refractivity contribution in [1.82, 2.24) is 9.80 Å². The van der Waals surface area contributed by atoms with Crippen molar-refractivity contribution < 1.29 is 9.53 Å². The van der Waals surface area contributed by atoms with E-state index in [0.717, 1.165) is 58.0 Å². The number of rotatable bonds is 7. The van der Waals surface area contributed by atoms with Crippen molar-refractivity contribution in [1.29, 1.82) is 0 Å². The van der Waals surface area contributed by atoms with Gasteiger partial charge in [0.15, 0.2) is 0 Å². The minimum Gasteiger partial charge on any atom is -0.497 e. The molecule has 1 aliphatic carbocycles. The van der Waals surface area contributed by atoms with E-state index in [1.165, 1.54) is 36.9 Å². The molecule has 5 nitrogen and oxygen atoms in total. The third-order valence-corrected chi connectivity index (χ3v) is 8.24. The molecule has 2 saturated heterocycles. The lowest BCUT2D eigenvalue weighted by atomic mass is 9.88. The highest BCUT2D eigenvalue weighted by molar-refractivity contribution is 5.77. The molecule has 0 N–H and O–H groups in total. The van der Waals surface area contributed by atoms with Crippen molar-refractivity contribution in [3.05, 3.63) is 60.2 Å². The van der Waals surface area contributed by atoms with E-state index in [0.29, 0.717) is 23.7 Å². The normalized spacial score (nSPS) is 24.0. The first-order valence-electron chi connectivity index (χ1n) is 13.1. The summed E-state index contributed by atoms with van der Waals surface area (Å²) in [5.74, 6) is 2.71. The lowest BCUT2D eigenvalue weighted by Gasteiger charge is -2.37. The summed E-state index contributed by atoms with van der Waals surface area (Å²) in [6.45, 7) is 7.05. The number of hydrogen-bond acceptors (Lipinski definition) is 4. The summed E-state index contributed by atoms with van der Waals surface area (Å²) in [5.41, 5.74) is 2.63. The van der Waals surface area contributed by atoms with Gasteiger partial charge < -0.3 is 14.5 Å². The summed E-state index contributed by atoms with van der Waals surface area (Å²) in [4.78, 5) is 20.5. The van der Waals surface area contributed by atoms with Crippen LogP contribution in [0.25, 0.3) is 0 Å². The number of piperazine rings is 1. The number of likely N-dealkylation sites (tertiary alicyclic amines) is 1. The van der Waals surface area contributed by atoms with Gasteiger partial charge in [0.1, 0.15) is 5.75 Å². The Hall–Kier alpha value is -2.53. The number of ether oxygens (including phenoxy) is 1. The van der Waals surface area contributed by atoms with Crippen LogP contribution in [0.1, 0.15) is 43.6 Å². The number of para-hydroxylation sites is 1. The number of carbonyl (C=O) groups is 1. The zero-order chi connectivity index (χ0) is 23.3. The SMILES string of the molecule is COc1cccc(C2CN(C(=O)CC3CCCC3)CC2CN2CCN(c3ccccc3)CC2)c1. The average molecular weight is 462 g/mol. The molecular weight excluding hydrogens is 422 g/mol. The second-order valence-electron chi connectivity index (χ2n) is 10.4. The van der Waals surface area contributed by atoms with Crippen LogP contribution in [0.15, 0.2) is 54.6 Å². The Bertz CT molecular complexity index is 935. The number of carbonyl (C=O) groups excluding carboxylic acids is 1. The summed E-state index contributed by atoms with van der Waals surface area (Å²) < 4.78 is 5.52. The molecule has 0 bridgehead atoms. The van der Waals surface area contributed by atoms with Crippen molar-refractivity contribution in [3.8, 4) is 5.75 Å². The first kappa shape index (κ1) is 23.2. The van der Waals surface area contributed by atoms with Crippen LogP contribution in [0.3, 0.4) is 0 Å². The number of nitrogens with zero attached hydrogens (tertiary/aromatic N) is 3. The second kappa shape index (κ2) is 10.8. The Balaban J connectivity index is 1.25. The van der Waals surface area contributed by atoms with Gasteiger partial charge in [-0.25, -0.2) is 0 Å². The van der Waals surface area contributed by atoms with Crippen LogP contribution in [0.5, 0.6) is 5.75 Å². The quantitative estimate of drug-likeness (QED) is 0.602. The molecule has 1 saturated carbocycles. The molecule has 5 rings (SSSR count). The molecule has 0 aromatic heterocycles. The minimum absolute atomic E-state index is 0.370. The molecule has 2 heterocycles. The molecule has 2 atom stereocenters. The van der Waals surface area contributed by atoms with Gasteiger partial charge in [-0.2, -0.15) is 0 Å². The molecule has 2 aromatic rings. The van der Waals surface area contributed by atoms with Gasteiger partial charge in [-0.05, 0) is 54.5 Å². The van der Waals surface area contributed by atoms with Gasteiger partial charge in [0.05, 0.1) is 7.11 Å². The van der Waals surface area contributed by atoms with Gasteiger partial charge in [0.25, 0.3) is 0 Å². The van der Waals surface area contributed by atoms with Crippen molar-refractivity contribution in [2.24, 2.45) is 11.8 Å². The van der Waals surface area contributed by atoms with Crippen molar-refractivity contribution in [2.45, 2.75) is 38.0 Å². The molecule has 2 unspecified atom stereocenters. The first-order valence-corrected chi connectivity index (χ1v) is 13.1. The van der Waals surface area contributed by atoms with Crippen molar-refractivity contribution >= 4 is 11.6 Å². The fourth-order valence-electron chi connectivity index (χ4n) is 6.26. The summed E-state index contributed by atoms with van der Waals surface area (Å²) in [5, 5.41) is 0. The summed E-state index contributed by atoms with van der Waals surface area (Å²) in [7, 11) is 1.73. The lowest BCUT2D eigenvalue weighted by molar-refractivity contribution is -0.131. The van der Waals surface area contributed by atoms with Gasteiger partial charge in [-0.3, -0.25) is 9.69 Å². The first-order chi connectivity index (χ1) is 16.7. The van der Waals surface area contributed by atoms with Crippen LogP contribution in [0.4, 0.5) is 5.69 Å². The standard InChI is InChI=1S/C29H39N3O2/c1-34-27-13-7-10-24(19-27)28-22-32(29(33)18-23-8-5-6-9-23)21-25(28)20-30-14-16-31(17-15-30)26-11-3-2-4-12-26/h2-4,7,10-13,19,23,25,28H,5-6,8-9,14-18,20-22H2,1H3. The second-order valence-corrected chi connectivity index (χ2v) is 10.4. The van der Waals surface area contributed by atoms with Crippen LogP contribution < -0.4 is 9.64 Å². The Kier molecular flexibility index (Phi) is 7.39. The van der Waals surface area contributed by atoms with Gasteiger partial charge in [-0.1, -0.05) is 43.2 Å². The molecular formula is C29H39N3O2. The summed E-state index contributed by atoms with van der Waals surface area (Å²) in [6.07, 6.45) is 5.79. The molecule has 2 aromatic carbocycles. The van der Waals surface area contributed by atoms with E-state index in [1.807, 2.05) is 6.07 Å². The van der Waals surface area contributed by atoms with E-state index in [4.69, 9.17) is 4.74 Å². The van der Waals surface area contributed by atoms with E-state index in [9.17, 15) is 4.79 Å². The van der Waals surface area contributed by atoms with E-state index in [2.05, 4.69) is 63.2 Å². The molecule has 0 spiro atoms. The Morgan fingerprint density at radius 3 is 2.44 bits per heavy atom. The highest BCUT2D eigenvalue weighted by Gasteiger charge is 2.38. The molecule has 1 amide bonds. The fraction of sp³-hybridized carbons (Fsp3) is 0.552. The van der Waals surface area contributed by atoms with E-state index in [-0.39, 0.29) is 0 Å². The predicted octanol–water partition coefficient (Wildman–Crippen LogP) is 4.64. The maximum absolute atomic E-state index is 13.2. The molecule has 34 heavy (non-hydrogen) atoms. The molecule has 2 aliphatic heterocycles. The lowest BCUT2D eigenvalue weighted by Crippen LogP contribution is -2.48. The monoisotopic (exact) mass is 461 g/mol. The maximum atomic E-state index is 13.2. The fourth-order valence-corrected chi connectivity index (χ4v) is 6.26. The average Bonchev–Trinajstić information content (AvgIpc) is 3.55. The topological polar surface area (TPSA) is 36.0 Å². The van der Waals surface area contributed by atoms with Crippen LogP contribution in [0, 0.1) is 11.8 Å². The Morgan fingerprint density at radius 2 is 1.71 bits per heavy atom. The highest BCUT2D eigenvalue weighted by atomic mass is 16.5. The number of amides is 1. The predicted molar refractivity (Wildman–Crippen MR) is 137 cm³/mol. The van der Waals surface area contributed by atoms with Gasteiger partial charge in [-0.15, -0.1) is 0 Å². The molecule has 3 aliphatic rings. The number of benzene rings is 2. The third kappa shape index (κ3) is 5.41. The summed E-state index contributed by atoms with van der Waals surface area (Å²) >= 11 is 0.